The second-order valence-electron chi connectivity index (χ2n) is 7.54. The predicted molar refractivity (Wildman–Crippen MR) is 92.2 cm³/mol. The van der Waals surface area contributed by atoms with Crippen molar-refractivity contribution in [3.05, 3.63) is 46.1 Å². The molecule has 2 unspecified atom stereocenters. The Bertz CT molecular complexity index is 903. The first kappa shape index (κ1) is 16.9. The molecule has 4 heterocycles. The maximum atomic E-state index is 14.0. The molecule has 2 aliphatic rings. The number of hydrogen-bond donors (Lipinski definition) is 0. The largest absolute Gasteiger partial charge is 0.345 e. The van der Waals surface area contributed by atoms with Crippen molar-refractivity contribution >= 4 is 5.91 Å². The first-order valence-electron chi connectivity index (χ1n) is 9.04. The maximum Gasteiger partial charge on any atom is 0.345 e. The molecule has 0 spiro atoms. The Morgan fingerprint density at radius 1 is 1.35 bits per heavy atom. The number of halogens is 1. The monoisotopic (exact) mass is 359 g/mol. The fourth-order valence-corrected chi connectivity index (χ4v) is 4.07. The molecule has 2 atom stereocenters. The molecule has 8 heteroatoms. The van der Waals surface area contributed by atoms with E-state index in [9.17, 15) is 14.0 Å². The third kappa shape index (κ3) is 2.73. The summed E-state index contributed by atoms with van der Waals surface area (Å²) < 4.78 is 17.2. The van der Waals surface area contributed by atoms with Gasteiger partial charge in [-0.3, -0.25) is 14.3 Å². The average Bonchev–Trinajstić information content (AvgIpc) is 3.04. The second-order valence-corrected chi connectivity index (χ2v) is 7.54. The zero-order valence-corrected chi connectivity index (χ0v) is 14.9. The first-order valence-corrected chi connectivity index (χ1v) is 9.04. The van der Waals surface area contributed by atoms with Crippen LogP contribution in [0.4, 0.5) is 4.39 Å². The minimum absolute atomic E-state index is 0.0358. The molecule has 2 aromatic rings. The second kappa shape index (κ2) is 6.34. The van der Waals surface area contributed by atoms with Gasteiger partial charge in [0, 0.05) is 31.7 Å². The highest BCUT2D eigenvalue weighted by Gasteiger charge is 2.42. The molecule has 26 heavy (non-hydrogen) atoms. The molecule has 138 valence electrons. The van der Waals surface area contributed by atoms with Crippen molar-refractivity contribution in [2.75, 3.05) is 0 Å². The third-order valence-corrected chi connectivity index (χ3v) is 5.21. The Hall–Kier alpha value is -2.51. The van der Waals surface area contributed by atoms with Crippen molar-refractivity contribution in [3.8, 4) is 0 Å². The Labute approximate surface area is 150 Å². The SMILES string of the molecule is CC(C)Cn1nc2n(c1=O)CC1CCC(C2)N1C(=O)c1ccncc1F. The summed E-state index contributed by atoms with van der Waals surface area (Å²) in [4.78, 5) is 31.1. The minimum atomic E-state index is -0.613. The molecule has 1 fully saturated rings. The number of amides is 1. The molecule has 2 aromatic heterocycles. The number of carbonyl (C=O) groups is 1. The van der Waals surface area contributed by atoms with Gasteiger partial charge in [-0.05, 0) is 24.8 Å². The van der Waals surface area contributed by atoms with Crippen molar-refractivity contribution in [1.82, 2.24) is 24.2 Å². The smallest absolute Gasteiger partial charge is 0.330 e. The topological polar surface area (TPSA) is 73.0 Å². The molecule has 0 N–H and O–H groups in total. The summed E-state index contributed by atoms with van der Waals surface area (Å²) in [6, 6.07) is 1.24. The summed E-state index contributed by atoms with van der Waals surface area (Å²) in [6.07, 6.45) is 4.65. The Kier molecular flexibility index (Phi) is 4.13. The summed E-state index contributed by atoms with van der Waals surface area (Å²) in [5.41, 5.74) is -0.0857. The molecule has 2 aliphatic heterocycles. The summed E-state index contributed by atoms with van der Waals surface area (Å²) in [5, 5.41) is 4.50. The third-order valence-electron chi connectivity index (χ3n) is 5.21. The van der Waals surface area contributed by atoms with Crippen LogP contribution in [-0.4, -0.2) is 42.2 Å². The summed E-state index contributed by atoms with van der Waals surface area (Å²) in [7, 11) is 0. The van der Waals surface area contributed by atoms with Gasteiger partial charge in [-0.1, -0.05) is 13.8 Å². The van der Waals surface area contributed by atoms with Crippen molar-refractivity contribution < 1.29 is 9.18 Å². The van der Waals surface area contributed by atoms with Crippen LogP contribution in [0.25, 0.3) is 0 Å². The van der Waals surface area contributed by atoms with Gasteiger partial charge in [0.15, 0.2) is 5.82 Å². The normalized spacial score (nSPS) is 21.8. The van der Waals surface area contributed by atoms with E-state index in [0.29, 0.717) is 25.4 Å². The fourth-order valence-electron chi connectivity index (χ4n) is 4.07. The van der Waals surface area contributed by atoms with Crippen molar-refractivity contribution in [2.24, 2.45) is 5.92 Å². The van der Waals surface area contributed by atoms with Crippen LogP contribution in [0.1, 0.15) is 42.9 Å². The van der Waals surface area contributed by atoms with Crippen LogP contribution in [0.5, 0.6) is 0 Å². The molecule has 2 bridgehead atoms. The fraction of sp³-hybridized carbons (Fsp3) is 0.556. The van der Waals surface area contributed by atoms with E-state index < -0.39 is 5.82 Å². The molecule has 0 aliphatic carbocycles. The molecular weight excluding hydrogens is 337 g/mol. The molecule has 1 amide bonds. The lowest BCUT2D eigenvalue weighted by molar-refractivity contribution is 0.0659. The van der Waals surface area contributed by atoms with Crippen molar-refractivity contribution in [2.45, 2.75) is 58.3 Å². The van der Waals surface area contributed by atoms with Gasteiger partial charge >= 0.3 is 5.69 Å². The standard InChI is InChI=1S/C18H22FN5O2/c1-11(2)9-23-18(26)22-10-13-4-3-12(7-16(22)21-23)24(13)17(25)14-5-6-20-8-15(14)19/h5-6,8,11-13H,3-4,7,9-10H2,1-2H3. The first-order chi connectivity index (χ1) is 12.5. The van der Waals surface area contributed by atoms with Gasteiger partial charge < -0.3 is 4.90 Å². The highest BCUT2D eigenvalue weighted by molar-refractivity contribution is 5.95. The molecule has 1 saturated heterocycles. The zero-order valence-electron chi connectivity index (χ0n) is 14.9. The van der Waals surface area contributed by atoms with E-state index >= 15 is 0 Å². The Morgan fingerprint density at radius 3 is 2.85 bits per heavy atom. The minimum Gasteiger partial charge on any atom is -0.330 e. The zero-order chi connectivity index (χ0) is 18.4. The predicted octanol–water partition coefficient (Wildman–Crippen LogP) is 1.46. The molecule has 0 aromatic carbocycles. The van der Waals surface area contributed by atoms with Crippen LogP contribution < -0.4 is 5.69 Å². The van der Waals surface area contributed by atoms with Crippen LogP contribution in [0, 0.1) is 11.7 Å². The number of aromatic nitrogens is 4. The van der Waals surface area contributed by atoms with Gasteiger partial charge in [0.05, 0.1) is 17.8 Å². The lowest BCUT2D eigenvalue weighted by Crippen LogP contribution is -2.43. The van der Waals surface area contributed by atoms with Crippen LogP contribution in [0.2, 0.25) is 0 Å². The number of pyridine rings is 1. The van der Waals surface area contributed by atoms with Gasteiger partial charge in [0.25, 0.3) is 5.91 Å². The molecule has 7 nitrogen and oxygen atoms in total. The molecule has 0 radical (unpaired) electrons. The van der Waals surface area contributed by atoms with E-state index in [2.05, 4.69) is 10.1 Å². The highest BCUT2D eigenvalue weighted by atomic mass is 19.1. The van der Waals surface area contributed by atoms with E-state index in [0.717, 1.165) is 24.9 Å². The van der Waals surface area contributed by atoms with E-state index in [-0.39, 0.29) is 29.2 Å². The summed E-state index contributed by atoms with van der Waals surface area (Å²) >= 11 is 0. The quantitative estimate of drug-likeness (QED) is 0.832. The van der Waals surface area contributed by atoms with Gasteiger partial charge in [-0.2, -0.15) is 5.10 Å². The van der Waals surface area contributed by atoms with Gasteiger partial charge in [0.1, 0.15) is 5.82 Å². The molecular formula is C18H22FN5O2. The van der Waals surface area contributed by atoms with Crippen molar-refractivity contribution in [3.63, 3.8) is 0 Å². The van der Waals surface area contributed by atoms with Gasteiger partial charge in [0.2, 0.25) is 0 Å². The van der Waals surface area contributed by atoms with E-state index in [1.807, 2.05) is 13.8 Å². The van der Waals surface area contributed by atoms with Gasteiger partial charge in [-0.15, -0.1) is 0 Å². The van der Waals surface area contributed by atoms with Gasteiger partial charge in [-0.25, -0.2) is 13.9 Å². The number of rotatable bonds is 3. The van der Waals surface area contributed by atoms with E-state index in [4.69, 9.17) is 0 Å². The Balaban J connectivity index is 1.66. The van der Waals surface area contributed by atoms with Crippen LogP contribution in [0.15, 0.2) is 23.3 Å². The molecule has 4 rings (SSSR count). The van der Waals surface area contributed by atoms with Crippen LogP contribution in [0.3, 0.4) is 0 Å². The Morgan fingerprint density at radius 2 is 2.12 bits per heavy atom. The van der Waals surface area contributed by atoms with Crippen LogP contribution in [-0.2, 0) is 19.5 Å². The van der Waals surface area contributed by atoms with Crippen molar-refractivity contribution in [1.29, 1.82) is 0 Å². The number of fused-ring (bicyclic) bond motifs is 3. The highest BCUT2D eigenvalue weighted by Crippen LogP contribution is 2.32. The lowest BCUT2D eigenvalue weighted by atomic mass is 10.1. The van der Waals surface area contributed by atoms with E-state index in [1.165, 1.54) is 16.9 Å². The number of hydrogen-bond acceptors (Lipinski definition) is 4. The van der Waals surface area contributed by atoms with E-state index in [1.54, 1.807) is 9.47 Å². The summed E-state index contributed by atoms with van der Waals surface area (Å²) in [6.45, 7) is 5.09. The van der Waals surface area contributed by atoms with Crippen LogP contribution >= 0.6 is 0 Å². The maximum absolute atomic E-state index is 14.0. The summed E-state index contributed by atoms with van der Waals surface area (Å²) in [5.74, 6) is 0.107. The number of nitrogens with zero attached hydrogens (tertiary/aromatic N) is 5. The lowest BCUT2D eigenvalue weighted by Gasteiger charge is -2.28. The molecule has 0 saturated carbocycles. The number of carbonyl (C=O) groups excluding carboxylic acids is 1. The average molecular weight is 359 g/mol.